The fourth-order valence-electron chi connectivity index (χ4n) is 9.75. The van der Waals surface area contributed by atoms with E-state index < -0.39 is 5.60 Å². The van der Waals surface area contributed by atoms with Crippen LogP contribution in [0.2, 0.25) is 5.02 Å². The highest BCUT2D eigenvalue weighted by Gasteiger charge is 2.67. The average Bonchev–Trinajstić information content (AvgIpc) is 3.30. The number of amides is 2. The first-order valence-corrected chi connectivity index (χ1v) is 18.3. The van der Waals surface area contributed by atoms with Crippen LogP contribution in [0.3, 0.4) is 0 Å². The lowest BCUT2D eigenvalue weighted by atomic mass is 9.49. The number of nitriles is 1. The Morgan fingerprint density at radius 1 is 1.00 bits per heavy atom. The number of hydrogen-bond donors (Lipinski definition) is 0. The number of benzene rings is 1. The van der Waals surface area contributed by atoms with Crippen molar-refractivity contribution in [2.24, 2.45) is 22.2 Å². The summed E-state index contributed by atoms with van der Waals surface area (Å²) in [5.74, 6) is 7.81. The molecule has 2 saturated heterocycles. The topological polar surface area (TPSA) is 99.0 Å². The first kappa shape index (κ1) is 34.6. The van der Waals surface area contributed by atoms with Crippen LogP contribution in [-0.4, -0.2) is 81.7 Å². The number of nitrogens with zero attached hydrogens (tertiary/aromatic N) is 5. The molecule has 2 amide bonds. The number of fused-ring (bicyclic) bond motifs is 1. The summed E-state index contributed by atoms with van der Waals surface area (Å²) in [6, 6.07) is 11.5. The molecule has 9 nitrogen and oxygen atoms in total. The van der Waals surface area contributed by atoms with Crippen LogP contribution in [0.15, 0.2) is 30.3 Å². The number of likely N-dealkylation sites (tertiary alicyclic amines) is 2. The number of carbonyl (C=O) groups is 2. The van der Waals surface area contributed by atoms with Gasteiger partial charge in [0.1, 0.15) is 29.2 Å². The summed E-state index contributed by atoms with van der Waals surface area (Å²) in [7, 11) is 0. The van der Waals surface area contributed by atoms with Crippen molar-refractivity contribution >= 4 is 23.6 Å². The third-order valence-corrected chi connectivity index (χ3v) is 11.9. The van der Waals surface area contributed by atoms with Gasteiger partial charge in [0.2, 0.25) is 0 Å². The van der Waals surface area contributed by atoms with Crippen LogP contribution in [0.1, 0.15) is 101 Å². The van der Waals surface area contributed by atoms with Crippen molar-refractivity contribution in [1.29, 1.82) is 5.26 Å². The van der Waals surface area contributed by atoms with Gasteiger partial charge >= 0.3 is 6.09 Å². The van der Waals surface area contributed by atoms with Gasteiger partial charge < -0.3 is 19.3 Å². The number of pyridine rings is 1. The van der Waals surface area contributed by atoms with Crippen LogP contribution in [0.5, 0.6) is 5.75 Å². The van der Waals surface area contributed by atoms with Crippen molar-refractivity contribution in [3.8, 4) is 23.7 Å². The average molecular weight is 698 g/mol. The molecule has 50 heavy (non-hydrogen) atoms. The molecule has 0 radical (unpaired) electrons. The Bertz CT molecular complexity index is 1790. The van der Waals surface area contributed by atoms with Gasteiger partial charge in [-0.1, -0.05) is 45.2 Å². The number of halogens is 1. The van der Waals surface area contributed by atoms with Crippen molar-refractivity contribution in [2.45, 2.75) is 104 Å². The smallest absolute Gasteiger partial charge is 0.410 e. The van der Waals surface area contributed by atoms with E-state index in [4.69, 9.17) is 26.1 Å². The molecule has 1 aromatic carbocycles. The Kier molecular flexibility index (Phi) is 8.43. The molecule has 4 fully saturated rings. The monoisotopic (exact) mass is 697 g/mol. The summed E-state index contributed by atoms with van der Waals surface area (Å²) < 4.78 is 12.0. The Labute approximate surface area is 301 Å². The first-order chi connectivity index (χ1) is 23.5. The van der Waals surface area contributed by atoms with Crippen molar-refractivity contribution in [3.63, 3.8) is 0 Å². The molecule has 0 N–H and O–H groups in total. The van der Waals surface area contributed by atoms with Crippen molar-refractivity contribution < 1.29 is 19.1 Å². The van der Waals surface area contributed by atoms with Gasteiger partial charge in [-0.2, -0.15) is 5.26 Å². The van der Waals surface area contributed by atoms with Crippen LogP contribution in [0.4, 0.5) is 4.79 Å². The summed E-state index contributed by atoms with van der Waals surface area (Å²) >= 11 is 6.28. The molecule has 3 aliphatic heterocycles. The van der Waals surface area contributed by atoms with E-state index in [2.05, 4.69) is 50.5 Å². The van der Waals surface area contributed by atoms with Gasteiger partial charge in [-0.05, 0) is 76.6 Å². The van der Waals surface area contributed by atoms with Gasteiger partial charge in [-0.3, -0.25) is 9.69 Å². The highest BCUT2D eigenvalue weighted by molar-refractivity contribution is 6.31. The summed E-state index contributed by atoms with van der Waals surface area (Å²) in [6.07, 6.45) is 4.07. The van der Waals surface area contributed by atoms with E-state index in [-0.39, 0.29) is 40.4 Å². The number of aromatic nitrogens is 1. The maximum Gasteiger partial charge on any atom is 0.410 e. The molecule has 10 heteroatoms. The van der Waals surface area contributed by atoms with E-state index in [0.29, 0.717) is 40.4 Å². The third kappa shape index (κ3) is 6.11. The van der Waals surface area contributed by atoms with Gasteiger partial charge in [-0.25, -0.2) is 9.78 Å². The fourth-order valence-corrected chi connectivity index (χ4v) is 9.96. The minimum atomic E-state index is -0.457. The lowest BCUT2D eigenvalue weighted by molar-refractivity contribution is -0.199. The normalized spacial score (nSPS) is 27.5. The molecule has 7 rings (SSSR count). The molecule has 264 valence electrons. The van der Waals surface area contributed by atoms with Gasteiger partial charge in [-0.15, -0.1) is 0 Å². The van der Waals surface area contributed by atoms with Crippen LogP contribution in [-0.2, 0) is 11.3 Å². The molecule has 0 bridgehead atoms. The lowest BCUT2D eigenvalue weighted by Crippen LogP contribution is -2.74. The summed E-state index contributed by atoms with van der Waals surface area (Å²) in [4.78, 5) is 37.3. The second-order valence-corrected chi connectivity index (χ2v) is 17.8. The lowest BCUT2D eigenvalue weighted by Gasteiger charge is -2.65. The Morgan fingerprint density at radius 2 is 1.68 bits per heavy atom. The zero-order chi connectivity index (χ0) is 35.8. The molecule has 0 atom stereocenters. The molecular weight excluding hydrogens is 650 g/mol. The maximum absolute atomic E-state index is 13.7. The van der Waals surface area contributed by atoms with Gasteiger partial charge in [0, 0.05) is 66.5 Å². The molecule has 4 heterocycles. The van der Waals surface area contributed by atoms with E-state index in [1.807, 2.05) is 42.7 Å². The maximum atomic E-state index is 13.7. The van der Waals surface area contributed by atoms with Gasteiger partial charge in [0.25, 0.3) is 5.91 Å². The first-order valence-electron chi connectivity index (χ1n) is 17.9. The Balaban J connectivity index is 0.915. The number of rotatable bonds is 4. The van der Waals surface area contributed by atoms with Gasteiger partial charge in [0.05, 0.1) is 28.4 Å². The van der Waals surface area contributed by atoms with Gasteiger partial charge in [0.15, 0.2) is 0 Å². The van der Waals surface area contributed by atoms with Crippen LogP contribution < -0.4 is 4.74 Å². The second-order valence-electron chi connectivity index (χ2n) is 17.4. The number of hydrogen-bond acceptors (Lipinski definition) is 7. The van der Waals surface area contributed by atoms with Crippen molar-refractivity contribution in [3.05, 3.63) is 57.9 Å². The molecule has 2 saturated carbocycles. The van der Waals surface area contributed by atoms with E-state index >= 15 is 0 Å². The number of ether oxygens (including phenoxy) is 2. The summed E-state index contributed by atoms with van der Waals surface area (Å²) in [5.41, 5.74) is 1.69. The van der Waals surface area contributed by atoms with E-state index in [1.54, 1.807) is 18.2 Å². The van der Waals surface area contributed by atoms with Crippen molar-refractivity contribution in [2.75, 3.05) is 26.2 Å². The third-order valence-electron chi connectivity index (χ3n) is 11.6. The predicted molar refractivity (Wildman–Crippen MR) is 190 cm³/mol. The zero-order valence-electron chi connectivity index (χ0n) is 30.3. The van der Waals surface area contributed by atoms with Crippen LogP contribution in [0.25, 0.3) is 0 Å². The largest absolute Gasteiger partial charge is 0.489 e. The molecule has 0 unspecified atom stereocenters. The highest BCUT2D eigenvalue weighted by Crippen LogP contribution is 2.59. The summed E-state index contributed by atoms with van der Waals surface area (Å²) in [5, 5.41) is 9.60. The predicted octanol–water partition coefficient (Wildman–Crippen LogP) is 6.91. The highest BCUT2D eigenvalue weighted by atomic mass is 35.5. The zero-order valence-corrected chi connectivity index (χ0v) is 31.1. The van der Waals surface area contributed by atoms with Crippen molar-refractivity contribution in [1.82, 2.24) is 19.7 Å². The number of carbonyl (C=O) groups excluding carboxylic acids is 2. The summed E-state index contributed by atoms with van der Waals surface area (Å²) in [6.45, 7) is 18.5. The quantitative estimate of drug-likeness (QED) is 0.320. The fraction of sp³-hybridized carbons (Fsp3) is 0.600. The Morgan fingerprint density at radius 3 is 2.30 bits per heavy atom. The minimum Gasteiger partial charge on any atom is -0.489 e. The van der Waals surface area contributed by atoms with E-state index in [1.165, 1.54) is 0 Å². The molecule has 1 aromatic heterocycles. The molecule has 2 aromatic rings. The molecule has 5 aliphatic rings. The minimum absolute atomic E-state index is 0.00331. The Hall–Kier alpha value is -3.79. The standard InChI is InChI=1S/C40H48ClN5O4/c1-37(2,3)50-36(48)45-23-40(24-45)21-44(22-40)28-14-9-25(10-15-28)8-12-27-13-17-30-32(43-27)20-46(33(30)47)34-38(4,5)35(39(34,6)7)49-29-16-11-26(19-42)31(41)18-29/h11,13,16-18,25,28,34-35H,9-10,14-15,20-24H2,1-7H3. The van der Waals surface area contributed by atoms with Crippen LogP contribution >= 0.6 is 11.6 Å². The SMILES string of the molecule is CC(C)(C)OC(=O)N1CC2(C1)CN(C1CCC(C#Cc3ccc4c(n3)CN(C3C(C)(C)C(Oc5ccc(C#N)c(Cl)c5)C3(C)C)C4=O)CC1)C2. The second kappa shape index (κ2) is 12.2. The van der Waals surface area contributed by atoms with E-state index in [9.17, 15) is 14.9 Å². The molecular formula is C40H48ClN5O4. The molecule has 1 spiro atoms. The molecule has 2 aliphatic carbocycles. The van der Waals surface area contributed by atoms with E-state index in [0.717, 1.165) is 63.3 Å². The van der Waals surface area contributed by atoms with Crippen LogP contribution in [0, 0.1) is 45.3 Å².